The van der Waals surface area contributed by atoms with Gasteiger partial charge in [0.05, 0.1) is 23.9 Å². The summed E-state index contributed by atoms with van der Waals surface area (Å²) < 4.78 is 2.07. The topological polar surface area (TPSA) is 76.0 Å². The average molecular weight is 336 g/mol. The number of benzene rings is 2. The summed E-state index contributed by atoms with van der Waals surface area (Å²) in [7, 11) is 0. The molecule has 0 bridgehead atoms. The molecule has 2 N–H and O–H groups in total. The third kappa shape index (κ3) is 4.44. The summed E-state index contributed by atoms with van der Waals surface area (Å²) in [6.07, 6.45) is 2.60. The van der Waals surface area contributed by atoms with Gasteiger partial charge in [0, 0.05) is 18.7 Å². The van der Waals surface area contributed by atoms with E-state index >= 15 is 0 Å². The molecule has 0 atom stereocenters. The van der Waals surface area contributed by atoms with Crippen LogP contribution in [0.3, 0.4) is 0 Å². The van der Waals surface area contributed by atoms with Gasteiger partial charge < -0.3 is 15.2 Å². The van der Waals surface area contributed by atoms with Crippen molar-refractivity contribution in [3.05, 3.63) is 66.5 Å². The first-order valence-corrected chi connectivity index (χ1v) is 8.24. The van der Waals surface area contributed by atoms with E-state index in [1.165, 1.54) is 0 Å². The van der Waals surface area contributed by atoms with Crippen LogP contribution in [0.25, 0.3) is 11.0 Å². The Hall–Kier alpha value is -3.15. The molecular weight excluding hydrogens is 316 g/mol. The molecule has 3 rings (SSSR count). The van der Waals surface area contributed by atoms with Crippen molar-refractivity contribution in [1.82, 2.24) is 20.2 Å². The van der Waals surface area contributed by atoms with Gasteiger partial charge in [0.15, 0.2) is 0 Å². The molecule has 0 aliphatic heterocycles. The number of imidazole rings is 1. The van der Waals surface area contributed by atoms with Crippen molar-refractivity contribution in [3.63, 3.8) is 0 Å². The molecule has 1 heterocycles. The SMILES string of the molecule is O=C(CNC(=O)c1ccccc1)NCCCn1cnc2ccccc21. The van der Waals surface area contributed by atoms with Gasteiger partial charge in [-0.25, -0.2) is 4.98 Å². The van der Waals surface area contributed by atoms with E-state index in [4.69, 9.17) is 0 Å². The van der Waals surface area contributed by atoms with Gasteiger partial charge in [0.1, 0.15) is 0 Å². The summed E-state index contributed by atoms with van der Waals surface area (Å²) in [5, 5.41) is 5.42. The maximum Gasteiger partial charge on any atom is 0.251 e. The normalized spacial score (nSPS) is 10.6. The lowest BCUT2D eigenvalue weighted by Gasteiger charge is -2.08. The first-order chi connectivity index (χ1) is 12.2. The van der Waals surface area contributed by atoms with Crippen molar-refractivity contribution >= 4 is 22.8 Å². The molecule has 1 aromatic heterocycles. The lowest BCUT2D eigenvalue weighted by atomic mass is 10.2. The number of nitrogens with zero attached hydrogens (tertiary/aromatic N) is 2. The fraction of sp³-hybridized carbons (Fsp3) is 0.211. The van der Waals surface area contributed by atoms with E-state index < -0.39 is 0 Å². The number of aryl methyl sites for hydroxylation is 1. The Labute approximate surface area is 145 Å². The monoisotopic (exact) mass is 336 g/mol. The number of carbonyl (C=O) groups is 2. The van der Waals surface area contributed by atoms with Crippen molar-refractivity contribution in [2.24, 2.45) is 0 Å². The molecule has 25 heavy (non-hydrogen) atoms. The Balaban J connectivity index is 1.37. The largest absolute Gasteiger partial charge is 0.355 e. The van der Waals surface area contributed by atoms with Gasteiger partial charge >= 0.3 is 0 Å². The zero-order valence-corrected chi connectivity index (χ0v) is 13.8. The Kier molecular flexibility index (Phi) is 5.41. The highest BCUT2D eigenvalue weighted by Gasteiger charge is 2.07. The van der Waals surface area contributed by atoms with E-state index in [1.54, 1.807) is 24.3 Å². The molecule has 2 amide bonds. The molecule has 0 saturated heterocycles. The molecule has 0 aliphatic rings. The number of hydrogen-bond donors (Lipinski definition) is 2. The Bertz CT molecular complexity index is 858. The highest BCUT2D eigenvalue weighted by Crippen LogP contribution is 2.11. The van der Waals surface area contributed by atoms with Crippen molar-refractivity contribution in [3.8, 4) is 0 Å². The molecule has 0 spiro atoms. The second kappa shape index (κ2) is 8.10. The van der Waals surface area contributed by atoms with E-state index in [2.05, 4.69) is 20.2 Å². The van der Waals surface area contributed by atoms with E-state index in [1.807, 2.05) is 36.7 Å². The Morgan fingerprint density at radius 1 is 0.960 bits per heavy atom. The third-order valence-electron chi connectivity index (χ3n) is 3.87. The fourth-order valence-electron chi connectivity index (χ4n) is 2.58. The van der Waals surface area contributed by atoms with E-state index in [-0.39, 0.29) is 18.4 Å². The number of carbonyl (C=O) groups excluding carboxylic acids is 2. The van der Waals surface area contributed by atoms with Crippen LogP contribution in [-0.2, 0) is 11.3 Å². The predicted molar refractivity (Wildman–Crippen MR) is 96.1 cm³/mol. The molecule has 6 nitrogen and oxygen atoms in total. The summed E-state index contributed by atoms with van der Waals surface area (Å²) in [4.78, 5) is 28.0. The van der Waals surface area contributed by atoms with Crippen LogP contribution in [0, 0.1) is 0 Å². The van der Waals surface area contributed by atoms with Crippen LogP contribution in [-0.4, -0.2) is 34.5 Å². The number of para-hydroxylation sites is 2. The molecule has 6 heteroatoms. The van der Waals surface area contributed by atoms with Crippen LogP contribution in [0.2, 0.25) is 0 Å². The molecule has 128 valence electrons. The zero-order chi connectivity index (χ0) is 17.5. The number of aromatic nitrogens is 2. The minimum atomic E-state index is -0.249. The van der Waals surface area contributed by atoms with Gasteiger partial charge in [-0.15, -0.1) is 0 Å². The van der Waals surface area contributed by atoms with Crippen LogP contribution in [0.1, 0.15) is 16.8 Å². The molecule has 2 aromatic carbocycles. The minimum absolute atomic E-state index is 0.0261. The minimum Gasteiger partial charge on any atom is -0.355 e. The van der Waals surface area contributed by atoms with Gasteiger partial charge in [0.25, 0.3) is 5.91 Å². The smallest absolute Gasteiger partial charge is 0.251 e. The van der Waals surface area contributed by atoms with Crippen LogP contribution < -0.4 is 10.6 Å². The molecule has 0 aliphatic carbocycles. The number of fused-ring (bicyclic) bond motifs is 1. The maximum absolute atomic E-state index is 11.9. The lowest BCUT2D eigenvalue weighted by molar-refractivity contribution is -0.120. The first-order valence-electron chi connectivity index (χ1n) is 8.24. The highest BCUT2D eigenvalue weighted by atomic mass is 16.2. The fourth-order valence-corrected chi connectivity index (χ4v) is 2.58. The Morgan fingerprint density at radius 3 is 2.56 bits per heavy atom. The van der Waals surface area contributed by atoms with Crippen molar-refractivity contribution in [2.75, 3.05) is 13.1 Å². The van der Waals surface area contributed by atoms with E-state index in [0.29, 0.717) is 12.1 Å². The van der Waals surface area contributed by atoms with Crippen LogP contribution in [0.15, 0.2) is 60.9 Å². The molecule has 3 aromatic rings. The van der Waals surface area contributed by atoms with Crippen LogP contribution in [0.5, 0.6) is 0 Å². The van der Waals surface area contributed by atoms with Gasteiger partial charge in [0.2, 0.25) is 5.91 Å². The second-order valence-electron chi connectivity index (χ2n) is 5.68. The van der Waals surface area contributed by atoms with E-state index in [0.717, 1.165) is 24.0 Å². The van der Waals surface area contributed by atoms with Gasteiger partial charge in [-0.2, -0.15) is 0 Å². The van der Waals surface area contributed by atoms with E-state index in [9.17, 15) is 9.59 Å². The summed E-state index contributed by atoms with van der Waals surface area (Å²) in [5.74, 6) is -0.444. The molecular formula is C19H20N4O2. The second-order valence-corrected chi connectivity index (χ2v) is 5.68. The molecule has 0 saturated carbocycles. The number of amides is 2. The number of nitrogens with one attached hydrogen (secondary N) is 2. The summed E-state index contributed by atoms with van der Waals surface area (Å²) in [6, 6.07) is 16.8. The van der Waals surface area contributed by atoms with Crippen molar-refractivity contribution < 1.29 is 9.59 Å². The highest BCUT2D eigenvalue weighted by molar-refractivity contribution is 5.96. The Morgan fingerprint density at radius 2 is 1.72 bits per heavy atom. The third-order valence-corrected chi connectivity index (χ3v) is 3.87. The van der Waals surface area contributed by atoms with Crippen LogP contribution >= 0.6 is 0 Å². The molecule has 0 fully saturated rings. The number of rotatable bonds is 7. The average Bonchev–Trinajstić information content (AvgIpc) is 3.07. The quantitative estimate of drug-likeness (QED) is 0.648. The summed E-state index contributed by atoms with van der Waals surface area (Å²) >= 11 is 0. The van der Waals surface area contributed by atoms with Crippen molar-refractivity contribution in [1.29, 1.82) is 0 Å². The first kappa shape index (κ1) is 16.7. The van der Waals surface area contributed by atoms with Gasteiger partial charge in [-0.05, 0) is 30.7 Å². The molecule has 0 radical (unpaired) electrons. The zero-order valence-electron chi connectivity index (χ0n) is 13.8. The maximum atomic E-state index is 11.9. The molecule has 0 unspecified atom stereocenters. The summed E-state index contributed by atoms with van der Waals surface area (Å²) in [5.41, 5.74) is 2.60. The predicted octanol–water partition coefficient (Wildman–Crippen LogP) is 1.97. The van der Waals surface area contributed by atoms with Gasteiger partial charge in [-0.3, -0.25) is 9.59 Å². The van der Waals surface area contributed by atoms with Crippen LogP contribution in [0.4, 0.5) is 0 Å². The van der Waals surface area contributed by atoms with Crippen molar-refractivity contribution in [2.45, 2.75) is 13.0 Å². The lowest BCUT2D eigenvalue weighted by Crippen LogP contribution is -2.37. The summed E-state index contributed by atoms with van der Waals surface area (Å²) in [6.45, 7) is 1.30. The standard InChI is InChI=1S/C19H20N4O2/c24-18(13-21-19(25)15-7-2-1-3-8-15)20-11-6-12-23-14-22-16-9-4-5-10-17(16)23/h1-5,7-10,14H,6,11-13H2,(H,20,24)(H,21,25). The van der Waals surface area contributed by atoms with Gasteiger partial charge in [-0.1, -0.05) is 30.3 Å². The number of hydrogen-bond acceptors (Lipinski definition) is 3.